The zero-order valence-electron chi connectivity index (χ0n) is 15.3. The van der Waals surface area contributed by atoms with Crippen molar-refractivity contribution in [2.24, 2.45) is 5.41 Å². The Labute approximate surface area is 136 Å². The fraction of sp³-hybridized carbons (Fsp3) is 0.944. The van der Waals surface area contributed by atoms with E-state index in [1.54, 1.807) is 0 Å². The number of amides is 1. The number of hydrogen-bond donors (Lipinski definition) is 0. The molecule has 2 fully saturated rings. The average molecular weight is 309 g/mol. The second kappa shape index (κ2) is 7.31. The van der Waals surface area contributed by atoms with Crippen LogP contribution < -0.4 is 0 Å². The van der Waals surface area contributed by atoms with Gasteiger partial charge in [0, 0.05) is 30.6 Å². The first-order valence-electron chi connectivity index (χ1n) is 9.06. The van der Waals surface area contributed by atoms with Crippen LogP contribution in [0, 0.1) is 5.41 Å². The Morgan fingerprint density at radius 3 is 2.05 bits per heavy atom. The lowest BCUT2D eigenvalue weighted by Crippen LogP contribution is -2.52. The maximum absolute atomic E-state index is 12.4. The number of carbonyl (C=O) groups is 1. The molecular weight excluding hydrogens is 274 g/mol. The lowest BCUT2D eigenvalue weighted by Gasteiger charge is -2.44. The molecule has 4 heteroatoms. The van der Waals surface area contributed by atoms with Gasteiger partial charge in [-0.3, -0.25) is 4.79 Å². The Morgan fingerprint density at radius 2 is 1.59 bits per heavy atom. The molecule has 2 saturated heterocycles. The minimum Gasteiger partial charge on any atom is -0.342 e. The van der Waals surface area contributed by atoms with Gasteiger partial charge in [0.1, 0.15) is 0 Å². The van der Waals surface area contributed by atoms with Crippen LogP contribution in [-0.2, 0) is 4.79 Å². The minimum absolute atomic E-state index is 0.240. The molecule has 128 valence electrons. The molecule has 0 aromatic carbocycles. The predicted molar refractivity (Wildman–Crippen MR) is 92.0 cm³/mol. The molecule has 0 radical (unpaired) electrons. The molecule has 2 rings (SSSR count). The van der Waals surface area contributed by atoms with Gasteiger partial charge in [-0.2, -0.15) is 0 Å². The van der Waals surface area contributed by atoms with Gasteiger partial charge in [-0.1, -0.05) is 27.7 Å². The predicted octanol–water partition coefficient (Wildman–Crippen LogP) is 2.44. The molecule has 0 spiro atoms. The molecule has 22 heavy (non-hydrogen) atoms. The largest absolute Gasteiger partial charge is 0.342 e. The van der Waals surface area contributed by atoms with Crippen LogP contribution in [0.2, 0.25) is 0 Å². The molecule has 2 aliphatic rings. The highest BCUT2D eigenvalue weighted by Gasteiger charge is 2.33. The van der Waals surface area contributed by atoms with Gasteiger partial charge in [-0.15, -0.1) is 0 Å². The van der Waals surface area contributed by atoms with Crippen LogP contribution in [0.25, 0.3) is 0 Å². The lowest BCUT2D eigenvalue weighted by atomic mass is 9.92. The summed E-state index contributed by atoms with van der Waals surface area (Å²) in [6.07, 6.45) is 4.89. The Bertz CT molecular complexity index is 361. The lowest BCUT2D eigenvalue weighted by molar-refractivity contribution is -0.141. The van der Waals surface area contributed by atoms with E-state index in [-0.39, 0.29) is 5.41 Å². The molecule has 4 nitrogen and oxygen atoms in total. The van der Waals surface area contributed by atoms with Crippen LogP contribution >= 0.6 is 0 Å². The number of piperidine rings is 2. The molecule has 0 saturated carbocycles. The van der Waals surface area contributed by atoms with Crippen LogP contribution in [0.1, 0.15) is 53.4 Å². The first kappa shape index (κ1) is 17.7. The third-order valence-corrected chi connectivity index (χ3v) is 5.53. The Balaban J connectivity index is 1.77. The van der Waals surface area contributed by atoms with Gasteiger partial charge >= 0.3 is 0 Å². The number of carbonyl (C=O) groups excluding carboxylic acids is 1. The summed E-state index contributed by atoms with van der Waals surface area (Å²) in [5, 5.41) is 0. The van der Waals surface area contributed by atoms with Gasteiger partial charge in [-0.25, -0.2) is 0 Å². The van der Waals surface area contributed by atoms with Crippen molar-refractivity contribution in [2.45, 2.75) is 65.5 Å². The fourth-order valence-electron chi connectivity index (χ4n) is 3.86. The monoisotopic (exact) mass is 309 g/mol. The van der Waals surface area contributed by atoms with Gasteiger partial charge in [-0.05, 0) is 52.4 Å². The molecule has 0 unspecified atom stereocenters. The second-order valence-electron chi connectivity index (χ2n) is 8.11. The van der Waals surface area contributed by atoms with E-state index in [1.165, 1.54) is 25.9 Å². The van der Waals surface area contributed by atoms with Crippen molar-refractivity contribution in [1.82, 2.24) is 14.7 Å². The minimum atomic E-state index is -0.240. The summed E-state index contributed by atoms with van der Waals surface area (Å²) in [5.74, 6) is 0.314. The molecule has 0 aromatic heterocycles. The molecular formula is C18H35N3O. The van der Waals surface area contributed by atoms with Crippen LogP contribution in [-0.4, -0.2) is 72.5 Å². The summed E-state index contributed by atoms with van der Waals surface area (Å²) >= 11 is 0. The van der Waals surface area contributed by atoms with E-state index in [0.29, 0.717) is 11.9 Å². The maximum Gasteiger partial charge on any atom is 0.227 e. The van der Waals surface area contributed by atoms with E-state index in [0.717, 1.165) is 38.5 Å². The summed E-state index contributed by atoms with van der Waals surface area (Å²) < 4.78 is 0. The van der Waals surface area contributed by atoms with Crippen molar-refractivity contribution >= 4 is 5.91 Å². The molecule has 0 atom stereocenters. The Kier molecular flexibility index (Phi) is 5.89. The number of likely N-dealkylation sites (tertiary alicyclic amines) is 2. The van der Waals surface area contributed by atoms with E-state index >= 15 is 0 Å². The van der Waals surface area contributed by atoms with E-state index < -0.39 is 0 Å². The number of hydrogen-bond acceptors (Lipinski definition) is 3. The zero-order valence-corrected chi connectivity index (χ0v) is 15.3. The van der Waals surface area contributed by atoms with Crippen LogP contribution in [0.15, 0.2) is 0 Å². The molecule has 0 N–H and O–H groups in total. The van der Waals surface area contributed by atoms with E-state index in [2.05, 4.69) is 28.7 Å². The highest BCUT2D eigenvalue weighted by molar-refractivity contribution is 5.81. The SMILES string of the molecule is CCN(C)C1CCN(C2CCN(C(=O)C(C)(C)C)CC2)CC1. The maximum atomic E-state index is 12.4. The highest BCUT2D eigenvalue weighted by Crippen LogP contribution is 2.25. The molecule has 2 heterocycles. The smallest absolute Gasteiger partial charge is 0.227 e. The van der Waals surface area contributed by atoms with Crippen molar-refractivity contribution in [1.29, 1.82) is 0 Å². The van der Waals surface area contributed by atoms with E-state index in [1.807, 2.05) is 20.8 Å². The topological polar surface area (TPSA) is 26.8 Å². The summed E-state index contributed by atoms with van der Waals surface area (Å²) in [7, 11) is 2.25. The van der Waals surface area contributed by atoms with Crippen molar-refractivity contribution in [2.75, 3.05) is 39.8 Å². The van der Waals surface area contributed by atoms with Gasteiger partial charge in [0.05, 0.1) is 0 Å². The van der Waals surface area contributed by atoms with Crippen LogP contribution in [0.3, 0.4) is 0 Å². The summed E-state index contributed by atoms with van der Waals surface area (Å²) in [5.41, 5.74) is -0.240. The quantitative estimate of drug-likeness (QED) is 0.801. The third-order valence-electron chi connectivity index (χ3n) is 5.53. The number of rotatable bonds is 3. The molecule has 0 aliphatic carbocycles. The molecule has 1 amide bonds. The van der Waals surface area contributed by atoms with Gasteiger partial charge in [0.15, 0.2) is 0 Å². The summed E-state index contributed by atoms with van der Waals surface area (Å²) in [6.45, 7) is 13.8. The first-order valence-corrected chi connectivity index (χ1v) is 9.06. The van der Waals surface area contributed by atoms with Crippen molar-refractivity contribution < 1.29 is 4.79 Å². The average Bonchev–Trinajstić information content (AvgIpc) is 2.53. The van der Waals surface area contributed by atoms with Gasteiger partial charge in [0.2, 0.25) is 5.91 Å². The Hall–Kier alpha value is -0.610. The number of nitrogens with zero attached hydrogens (tertiary/aromatic N) is 3. The van der Waals surface area contributed by atoms with E-state index in [4.69, 9.17) is 0 Å². The second-order valence-corrected chi connectivity index (χ2v) is 8.11. The molecule has 2 aliphatic heterocycles. The normalized spacial score (nSPS) is 23.3. The van der Waals surface area contributed by atoms with Crippen molar-refractivity contribution in [3.63, 3.8) is 0 Å². The van der Waals surface area contributed by atoms with Crippen molar-refractivity contribution in [3.8, 4) is 0 Å². The Morgan fingerprint density at radius 1 is 1.05 bits per heavy atom. The summed E-state index contributed by atoms with van der Waals surface area (Å²) in [4.78, 5) is 19.6. The van der Waals surface area contributed by atoms with Gasteiger partial charge in [0.25, 0.3) is 0 Å². The van der Waals surface area contributed by atoms with Crippen LogP contribution in [0.4, 0.5) is 0 Å². The third kappa shape index (κ3) is 4.23. The summed E-state index contributed by atoms with van der Waals surface area (Å²) in [6, 6.07) is 1.46. The first-order chi connectivity index (χ1) is 10.3. The molecule has 0 aromatic rings. The van der Waals surface area contributed by atoms with Crippen LogP contribution in [0.5, 0.6) is 0 Å². The van der Waals surface area contributed by atoms with E-state index in [9.17, 15) is 4.79 Å². The standard InChI is InChI=1S/C18H35N3O/c1-6-19(5)15-7-11-20(12-8-15)16-9-13-21(14-10-16)17(22)18(2,3)4/h15-16H,6-14H2,1-5H3. The van der Waals surface area contributed by atoms with Crippen molar-refractivity contribution in [3.05, 3.63) is 0 Å². The molecule has 0 bridgehead atoms. The zero-order chi connectivity index (χ0) is 16.3. The van der Waals surface area contributed by atoms with Gasteiger partial charge < -0.3 is 14.7 Å². The fourth-order valence-corrected chi connectivity index (χ4v) is 3.86. The highest BCUT2D eigenvalue weighted by atomic mass is 16.2.